The van der Waals surface area contributed by atoms with Gasteiger partial charge in [-0.25, -0.2) is 9.59 Å². The molecule has 0 saturated heterocycles. The molecule has 1 atom stereocenters. The van der Waals surface area contributed by atoms with Crippen molar-refractivity contribution in [2.75, 3.05) is 26.6 Å². The summed E-state index contributed by atoms with van der Waals surface area (Å²) in [7, 11) is 2.84. The number of carbonyl (C=O) groups is 3. The first-order chi connectivity index (χ1) is 16.0. The van der Waals surface area contributed by atoms with Crippen molar-refractivity contribution in [2.24, 2.45) is 5.92 Å². The zero-order chi connectivity index (χ0) is 25.6. The minimum Gasteiger partial charge on any atom is -0.493 e. The van der Waals surface area contributed by atoms with Crippen LogP contribution >= 0.6 is 0 Å². The van der Waals surface area contributed by atoms with Gasteiger partial charge in [0.05, 0.1) is 32.5 Å². The van der Waals surface area contributed by atoms with Crippen LogP contribution in [0, 0.1) is 5.92 Å². The minimum atomic E-state index is -1.07. The Bertz CT molecular complexity index is 1050. The van der Waals surface area contributed by atoms with Crippen molar-refractivity contribution in [1.29, 1.82) is 0 Å². The predicted octanol–water partition coefficient (Wildman–Crippen LogP) is 3.00. The fraction of sp³-hybridized carbons (Fsp3) is 0.500. The van der Waals surface area contributed by atoms with Gasteiger partial charge < -0.3 is 29.4 Å². The van der Waals surface area contributed by atoms with Crippen molar-refractivity contribution in [3.63, 3.8) is 0 Å². The van der Waals surface area contributed by atoms with Gasteiger partial charge in [-0.3, -0.25) is 4.79 Å². The number of aromatic nitrogens is 3. The largest absolute Gasteiger partial charge is 0.510 e. The molecule has 0 aliphatic heterocycles. The Morgan fingerprint density at radius 3 is 2.09 bits per heavy atom. The molecule has 2 aromatic rings. The highest BCUT2D eigenvalue weighted by molar-refractivity contribution is 6.15. The number of nitrogens with two attached hydrogens (primary N) is 1. The fourth-order valence-corrected chi connectivity index (χ4v) is 2.91. The van der Waals surface area contributed by atoms with Gasteiger partial charge in [0.25, 0.3) is 0 Å². The number of esters is 1. The van der Waals surface area contributed by atoms with Crippen LogP contribution in [0.2, 0.25) is 0 Å². The summed E-state index contributed by atoms with van der Waals surface area (Å²) in [5.74, 6) is -1.34. The molecule has 0 aliphatic rings. The van der Waals surface area contributed by atoms with E-state index in [1.807, 2.05) is 0 Å². The van der Waals surface area contributed by atoms with Crippen LogP contribution in [-0.2, 0) is 14.2 Å². The highest BCUT2D eigenvalue weighted by Gasteiger charge is 2.32. The monoisotopic (exact) mass is 478 g/mol. The molecular formula is C22H30N4O8. The van der Waals surface area contributed by atoms with Crippen molar-refractivity contribution in [3.8, 4) is 11.5 Å². The van der Waals surface area contributed by atoms with E-state index in [1.54, 1.807) is 34.6 Å². The van der Waals surface area contributed by atoms with Gasteiger partial charge >= 0.3 is 12.1 Å². The fourth-order valence-electron chi connectivity index (χ4n) is 2.91. The second-order valence-electron chi connectivity index (χ2n) is 7.73. The lowest BCUT2D eigenvalue weighted by atomic mass is 10.0. The van der Waals surface area contributed by atoms with Crippen LogP contribution < -0.4 is 15.2 Å². The highest BCUT2D eigenvalue weighted by atomic mass is 16.7. The molecule has 0 fully saturated rings. The summed E-state index contributed by atoms with van der Waals surface area (Å²) in [6, 6.07) is 2.80. The molecule has 2 rings (SSSR count). The summed E-state index contributed by atoms with van der Waals surface area (Å²) in [5, 5.41) is 8.29. The second-order valence-corrected chi connectivity index (χ2v) is 7.73. The molecule has 1 aromatic carbocycles. The molecule has 0 saturated carbocycles. The maximum absolute atomic E-state index is 13.4. The Morgan fingerprint density at radius 1 is 0.971 bits per heavy atom. The number of methoxy groups -OCH3 is 2. The molecule has 0 bridgehead atoms. The minimum absolute atomic E-state index is 0.0106. The summed E-state index contributed by atoms with van der Waals surface area (Å²) in [4.78, 5) is 39.1. The summed E-state index contributed by atoms with van der Waals surface area (Å²) in [6.07, 6.45) is -2.42. The van der Waals surface area contributed by atoms with Crippen molar-refractivity contribution >= 4 is 23.6 Å². The topological polar surface area (TPSA) is 154 Å². The average molecular weight is 479 g/mol. The SMILES string of the molecule is CCOC(=O)c1nn(C(OC(=O)OC(C)C)C(C)C)nc1C(=O)c1cc(OC)c(OC)cc1N. The number of rotatable bonds is 10. The number of benzene rings is 1. The van der Waals surface area contributed by atoms with Crippen LogP contribution in [0.25, 0.3) is 0 Å². The molecule has 1 heterocycles. The van der Waals surface area contributed by atoms with Gasteiger partial charge in [-0.2, -0.15) is 0 Å². The van der Waals surface area contributed by atoms with E-state index in [9.17, 15) is 14.4 Å². The zero-order valence-corrected chi connectivity index (χ0v) is 20.3. The van der Waals surface area contributed by atoms with Crippen LogP contribution in [0.4, 0.5) is 10.5 Å². The maximum atomic E-state index is 13.4. The van der Waals surface area contributed by atoms with E-state index in [1.165, 1.54) is 26.4 Å². The number of anilines is 1. The number of ether oxygens (including phenoxy) is 5. The first-order valence-electron chi connectivity index (χ1n) is 10.6. The number of nitrogen functional groups attached to an aromatic ring is 1. The van der Waals surface area contributed by atoms with Gasteiger partial charge in [0, 0.05) is 17.7 Å². The Balaban J connectivity index is 2.58. The molecular weight excluding hydrogens is 448 g/mol. The molecule has 2 N–H and O–H groups in total. The summed E-state index contributed by atoms with van der Waals surface area (Å²) in [5.41, 5.74) is 5.46. The molecule has 1 aromatic heterocycles. The molecule has 186 valence electrons. The van der Waals surface area contributed by atoms with Gasteiger partial charge in [0.1, 0.15) is 0 Å². The Morgan fingerprint density at radius 2 is 1.56 bits per heavy atom. The first kappa shape index (κ1) is 26.4. The summed E-state index contributed by atoms with van der Waals surface area (Å²) >= 11 is 0. The van der Waals surface area contributed by atoms with E-state index in [-0.39, 0.29) is 40.9 Å². The number of hydrogen-bond donors (Lipinski definition) is 1. The number of nitrogens with zero attached hydrogens (tertiary/aromatic N) is 3. The number of ketones is 1. The molecule has 34 heavy (non-hydrogen) atoms. The normalized spacial score (nSPS) is 11.8. The van der Waals surface area contributed by atoms with Gasteiger partial charge in [-0.1, -0.05) is 13.8 Å². The lowest BCUT2D eigenvalue weighted by Crippen LogP contribution is -2.26. The van der Waals surface area contributed by atoms with Gasteiger partial charge in [-0.15, -0.1) is 15.0 Å². The summed E-state index contributed by atoms with van der Waals surface area (Å²) < 4.78 is 25.8. The van der Waals surface area contributed by atoms with E-state index < -0.39 is 30.2 Å². The van der Waals surface area contributed by atoms with Crippen LogP contribution in [0.3, 0.4) is 0 Å². The third kappa shape index (κ3) is 5.94. The zero-order valence-electron chi connectivity index (χ0n) is 20.3. The molecule has 12 heteroatoms. The Kier molecular flexibility index (Phi) is 8.82. The standard InChI is InChI=1S/C22H30N4O8/c1-8-32-21(28)18-17(19(27)13-9-15(30-6)16(31-7)10-14(13)23)24-26(25-18)20(11(2)3)34-22(29)33-12(4)5/h9-12,20H,8,23H2,1-7H3. The molecule has 12 nitrogen and oxygen atoms in total. The number of carbonyl (C=O) groups excluding carboxylic acids is 3. The van der Waals surface area contributed by atoms with E-state index in [0.717, 1.165) is 4.80 Å². The molecule has 0 spiro atoms. The quantitative estimate of drug-likeness (QED) is 0.304. The van der Waals surface area contributed by atoms with E-state index in [0.29, 0.717) is 5.75 Å². The smallest absolute Gasteiger partial charge is 0.493 e. The highest BCUT2D eigenvalue weighted by Crippen LogP contribution is 2.33. The maximum Gasteiger partial charge on any atom is 0.510 e. The lowest BCUT2D eigenvalue weighted by Gasteiger charge is -2.20. The molecule has 0 aliphatic carbocycles. The van der Waals surface area contributed by atoms with E-state index in [4.69, 9.17) is 29.4 Å². The van der Waals surface area contributed by atoms with Crippen LogP contribution in [0.15, 0.2) is 12.1 Å². The second kappa shape index (κ2) is 11.3. The van der Waals surface area contributed by atoms with E-state index in [2.05, 4.69) is 10.2 Å². The van der Waals surface area contributed by atoms with Crippen molar-refractivity contribution in [2.45, 2.75) is 47.0 Å². The molecule has 0 radical (unpaired) electrons. The van der Waals surface area contributed by atoms with Crippen LogP contribution in [-0.4, -0.2) is 59.8 Å². The first-order valence-corrected chi connectivity index (χ1v) is 10.6. The summed E-state index contributed by atoms with van der Waals surface area (Å²) in [6.45, 7) is 8.48. The van der Waals surface area contributed by atoms with Gasteiger partial charge in [-0.05, 0) is 26.8 Å². The van der Waals surface area contributed by atoms with Crippen molar-refractivity contribution in [3.05, 3.63) is 29.1 Å². The Labute approximate surface area is 197 Å². The number of hydrogen-bond acceptors (Lipinski definition) is 11. The third-order valence-corrected chi connectivity index (χ3v) is 4.46. The van der Waals surface area contributed by atoms with Gasteiger partial charge in [0.2, 0.25) is 17.7 Å². The van der Waals surface area contributed by atoms with Crippen LogP contribution in [0.5, 0.6) is 11.5 Å². The molecule has 0 amide bonds. The average Bonchev–Trinajstić information content (AvgIpc) is 3.21. The van der Waals surface area contributed by atoms with Gasteiger partial charge in [0.15, 0.2) is 17.2 Å². The predicted molar refractivity (Wildman–Crippen MR) is 120 cm³/mol. The van der Waals surface area contributed by atoms with Crippen molar-refractivity contribution in [1.82, 2.24) is 15.0 Å². The van der Waals surface area contributed by atoms with Crippen LogP contribution in [0.1, 0.15) is 67.4 Å². The third-order valence-electron chi connectivity index (χ3n) is 4.46. The Hall–Kier alpha value is -3.83. The molecule has 1 unspecified atom stereocenters. The van der Waals surface area contributed by atoms with E-state index >= 15 is 0 Å². The lowest BCUT2D eigenvalue weighted by molar-refractivity contribution is -0.0469. The van der Waals surface area contributed by atoms with Crippen molar-refractivity contribution < 1.29 is 38.1 Å².